The number of benzene rings is 2. The Bertz CT molecular complexity index is 777. The summed E-state index contributed by atoms with van der Waals surface area (Å²) in [5.74, 6) is 0.801. The molecule has 1 N–H and O–H groups in total. The molecular weight excluding hydrogens is 324 g/mol. The van der Waals surface area contributed by atoms with Crippen LogP contribution in [0.5, 0.6) is 0 Å². The van der Waals surface area contributed by atoms with Crippen LogP contribution in [-0.2, 0) is 0 Å². The molecule has 0 aliphatic rings. The summed E-state index contributed by atoms with van der Waals surface area (Å²) in [6, 6.07) is 10.00. The van der Waals surface area contributed by atoms with Gasteiger partial charge in [0.2, 0.25) is 0 Å². The van der Waals surface area contributed by atoms with Gasteiger partial charge in [0.05, 0.1) is 16.1 Å². The molecule has 1 aromatic heterocycles. The second-order valence-corrected chi connectivity index (χ2v) is 6.01. The smallest absolute Gasteiger partial charge is 0.140 e. The van der Waals surface area contributed by atoms with E-state index >= 15 is 0 Å². The maximum Gasteiger partial charge on any atom is 0.140 e. The van der Waals surface area contributed by atoms with Crippen molar-refractivity contribution in [3.63, 3.8) is 0 Å². The van der Waals surface area contributed by atoms with Gasteiger partial charge in [0.25, 0.3) is 0 Å². The number of imidazole rings is 1. The van der Waals surface area contributed by atoms with E-state index in [4.69, 9.17) is 11.6 Å². The van der Waals surface area contributed by atoms with Gasteiger partial charge in [-0.2, -0.15) is 0 Å². The van der Waals surface area contributed by atoms with Crippen molar-refractivity contribution in [3.8, 4) is 11.4 Å². The van der Waals surface area contributed by atoms with Crippen molar-refractivity contribution in [3.05, 3.63) is 51.0 Å². The van der Waals surface area contributed by atoms with Crippen LogP contribution in [0.25, 0.3) is 22.4 Å². The van der Waals surface area contributed by atoms with Gasteiger partial charge in [-0.1, -0.05) is 33.6 Å². The van der Waals surface area contributed by atoms with E-state index in [1.165, 1.54) is 11.1 Å². The summed E-state index contributed by atoms with van der Waals surface area (Å²) >= 11 is 9.71. The molecule has 0 atom stereocenters. The SMILES string of the molecule is Cc1cc(C)c2nc(-c3cc(Br)ccc3Cl)[nH]c2c1. The number of halogens is 2. The number of fused-ring (bicyclic) bond motifs is 1. The van der Waals surface area contributed by atoms with Crippen molar-refractivity contribution < 1.29 is 0 Å². The van der Waals surface area contributed by atoms with Crippen LogP contribution in [0, 0.1) is 13.8 Å². The van der Waals surface area contributed by atoms with Gasteiger partial charge in [0, 0.05) is 10.0 Å². The van der Waals surface area contributed by atoms with E-state index in [2.05, 4.69) is 51.9 Å². The predicted molar refractivity (Wildman–Crippen MR) is 83.7 cm³/mol. The fourth-order valence-electron chi connectivity index (χ4n) is 2.28. The van der Waals surface area contributed by atoms with Gasteiger partial charge < -0.3 is 4.98 Å². The number of aromatic nitrogens is 2. The first-order chi connectivity index (χ1) is 9.04. The zero-order valence-corrected chi connectivity index (χ0v) is 12.9. The first-order valence-electron chi connectivity index (χ1n) is 5.97. The van der Waals surface area contributed by atoms with Crippen LogP contribution < -0.4 is 0 Å². The summed E-state index contributed by atoms with van der Waals surface area (Å²) in [7, 11) is 0. The van der Waals surface area contributed by atoms with E-state index in [0.29, 0.717) is 5.02 Å². The molecule has 0 spiro atoms. The molecule has 1 heterocycles. The molecule has 0 saturated carbocycles. The number of H-pyrrole nitrogens is 1. The zero-order chi connectivity index (χ0) is 13.6. The Morgan fingerprint density at radius 2 is 1.95 bits per heavy atom. The van der Waals surface area contributed by atoms with E-state index in [1.54, 1.807) is 0 Å². The van der Waals surface area contributed by atoms with Crippen LogP contribution in [0.3, 0.4) is 0 Å². The molecule has 0 radical (unpaired) electrons. The fourth-order valence-corrected chi connectivity index (χ4v) is 2.85. The maximum absolute atomic E-state index is 6.25. The van der Waals surface area contributed by atoms with Crippen molar-refractivity contribution in [1.29, 1.82) is 0 Å². The molecule has 2 aromatic carbocycles. The molecule has 0 aliphatic heterocycles. The van der Waals surface area contributed by atoms with Gasteiger partial charge in [-0.15, -0.1) is 0 Å². The first kappa shape index (κ1) is 12.7. The van der Waals surface area contributed by atoms with E-state index < -0.39 is 0 Å². The number of rotatable bonds is 1. The van der Waals surface area contributed by atoms with Crippen molar-refractivity contribution in [2.24, 2.45) is 0 Å². The second kappa shape index (κ2) is 4.66. The van der Waals surface area contributed by atoms with E-state index in [1.807, 2.05) is 18.2 Å². The highest BCUT2D eigenvalue weighted by Crippen LogP contribution is 2.31. The monoisotopic (exact) mass is 334 g/mol. The summed E-state index contributed by atoms with van der Waals surface area (Å²) in [6.45, 7) is 4.15. The van der Waals surface area contributed by atoms with Crippen molar-refractivity contribution >= 4 is 38.6 Å². The molecule has 3 aromatic rings. The molecule has 0 bridgehead atoms. The number of nitrogens with one attached hydrogen (secondary N) is 1. The lowest BCUT2D eigenvalue weighted by molar-refractivity contribution is 1.33. The Hall–Kier alpha value is -1.32. The lowest BCUT2D eigenvalue weighted by Gasteiger charge is -2.00. The summed E-state index contributed by atoms with van der Waals surface area (Å²) in [4.78, 5) is 8.01. The predicted octanol–water partition coefficient (Wildman–Crippen LogP) is 5.26. The van der Waals surface area contributed by atoms with Gasteiger partial charge >= 0.3 is 0 Å². The number of hydrogen-bond donors (Lipinski definition) is 1. The number of nitrogens with zero attached hydrogens (tertiary/aromatic N) is 1. The van der Waals surface area contributed by atoms with Crippen molar-refractivity contribution in [1.82, 2.24) is 9.97 Å². The van der Waals surface area contributed by atoms with Crippen molar-refractivity contribution in [2.75, 3.05) is 0 Å². The molecule has 3 rings (SSSR count). The molecule has 0 fully saturated rings. The van der Waals surface area contributed by atoms with Crippen molar-refractivity contribution in [2.45, 2.75) is 13.8 Å². The van der Waals surface area contributed by atoms with Crippen LogP contribution in [0.1, 0.15) is 11.1 Å². The Kier molecular flexibility index (Phi) is 3.11. The molecule has 4 heteroatoms. The fraction of sp³-hybridized carbons (Fsp3) is 0.133. The zero-order valence-electron chi connectivity index (χ0n) is 10.6. The average molecular weight is 336 g/mol. The molecule has 0 aliphatic carbocycles. The molecule has 0 unspecified atom stereocenters. The Balaban J connectivity index is 2.26. The molecule has 19 heavy (non-hydrogen) atoms. The second-order valence-electron chi connectivity index (χ2n) is 4.69. The average Bonchev–Trinajstić information content (AvgIpc) is 2.76. The van der Waals surface area contributed by atoms with Crippen LogP contribution in [0.2, 0.25) is 5.02 Å². The molecular formula is C15H12BrClN2. The standard InChI is InChI=1S/C15H12BrClN2/c1-8-5-9(2)14-13(6-8)18-15(19-14)11-7-10(16)3-4-12(11)17/h3-7H,1-2H3,(H,18,19). The Labute approximate surface area is 124 Å². The quantitative estimate of drug-likeness (QED) is 0.645. The van der Waals surface area contributed by atoms with Gasteiger partial charge in [0.15, 0.2) is 0 Å². The normalized spacial score (nSPS) is 11.2. The molecule has 2 nitrogen and oxygen atoms in total. The van der Waals surface area contributed by atoms with Crippen LogP contribution in [-0.4, -0.2) is 9.97 Å². The minimum atomic E-state index is 0.691. The third-order valence-corrected chi connectivity index (χ3v) is 3.93. The third-order valence-electron chi connectivity index (χ3n) is 3.11. The summed E-state index contributed by atoms with van der Waals surface area (Å²) in [5.41, 5.74) is 5.34. The van der Waals surface area contributed by atoms with Gasteiger partial charge in [0.1, 0.15) is 5.82 Å². The number of aromatic amines is 1. The highest BCUT2D eigenvalue weighted by Gasteiger charge is 2.11. The van der Waals surface area contributed by atoms with Crippen LogP contribution >= 0.6 is 27.5 Å². The molecule has 96 valence electrons. The number of hydrogen-bond acceptors (Lipinski definition) is 1. The van der Waals surface area contributed by atoms with E-state index in [9.17, 15) is 0 Å². The lowest BCUT2D eigenvalue weighted by Crippen LogP contribution is -1.82. The largest absolute Gasteiger partial charge is 0.338 e. The lowest BCUT2D eigenvalue weighted by atomic mass is 10.1. The van der Waals surface area contributed by atoms with Gasteiger partial charge in [-0.25, -0.2) is 4.98 Å². The molecule has 0 saturated heterocycles. The maximum atomic E-state index is 6.25. The van der Waals surface area contributed by atoms with Gasteiger partial charge in [-0.3, -0.25) is 0 Å². The van der Waals surface area contributed by atoms with E-state index in [0.717, 1.165) is 26.9 Å². The summed E-state index contributed by atoms with van der Waals surface area (Å²) < 4.78 is 0.986. The summed E-state index contributed by atoms with van der Waals surface area (Å²) in [6.07, 6.45) is 0. The number of aryl methyl sites for hydroxylation is 2. The van der Waals surface area contributed by atoms with Gasteiger partial charge in [-0.05, 0) is 49.2 Å². The van der Waals surface area contributed by atoms with E-state index in [-0.39, 0.29) is 0 Å². The first-order valence-corrected chi connectivity index (χ1v) is 7.14. The highest BCUT2D eigenvalue weighted by atomic mass is 79.9. The summed E-state index contributed by atoms with van der Waals surface area (Å²) in [5, 5.41) is 0.691. The topological polar surface area (TPSA) is 28.7 Å². The minimum absolute atomic E-state index is 0.691. The Morgan fingerprint density at radius 1 is 1.16 bits per heavy atom. The van der Waals surface area contributed by atoms with Crippen LogP contribution in [0.15, 0.2) is 34.8 Å². The third kappa shape index (κ3) is 2.28. The molecule has 0 amide bonds. The van der Waals surface area contributed by atoms with Crippen LogP contribution in [0.4, 0.5) is 0 Å². The minimum Gasteiger partial charge on any atom is -0.338 e. The highest BCUT2D eigenvalue weighted by molar-refractivity contribution is 9.10. The Morgan fingerprint density at radius 3 is 2.74 bits per heavy atom.